The molecule has 0 saturated heterocycles. The molecule has 0 heterocycles. The van der Waals surface area contributed by atoms with Crippen LogP contribution in [0, 0.1) is 0 Å². The minimum absolute atomic E-state index is 0.368. The number of hydrogen-bond donors (Lipinski definition) is 0. The number of hydrogen-bond acceptors (Lipinski definition) is 3. The van der Waals surface area contributed by atoms with Crippen LogP contribution in [0.4, 0.5) is 0 Å². The molecule has 0 spiro atoms. The molecule has 0 N–H and O–H groups in total. The van der Waals surface area contributed by atoms with Gasteiger partial charge in [-0.05, 0) is 12.8 Å². The highest BCUT2D eigenvalue weighted by Gasteiger charge is 1.94. The van der Waals surface area contributed by atoms with Gasteiger partial charge in [-0.15, -0.1) is 0 Å². The lowest BCUT2D eigenvalue weighted by Crippen LogP contribution is -2.06. The summed E-state index contributed by atoms with van der Waals surface area (Å²) in [5.41, 5.74) is 0. The molecule has 0 aromatic heterocycles. The number of rotatable bonds is 20. The fourth-order valence-corrected chi connectivity index (χ4v) is 2.59. The molecule has 140 valence electrons. The summed E-state index contributed by atoms with van der Waals surface area (Å²) in [6.45, 7) is 6.87. The average molecular weight is 331 g/mol. The van der Waals surface area contributed by atoms with Crippen molar-refractivity contribution in [2.75, 3.05) is 26.8 Å². The Kier molecular flexibility index (Phi) is 21.8. The van der Waals surface area contributed by atoms with E-state index in [-0.39, 0.29) is 0 Å². The van der Waals surface area contributed by atoms with Gasteiger partial charge in [-0.2, -0.15) is 0 Å². The summed E-state index contributed by atoms with van der Waals surface area (Å²) in [7, 11) is 0. The van der Waals surface area contributed by atoms with Crippen molar-refractivity contribution in [1.29, 1.82) is 0 Å². The smallest absolute Gasteiger partial charge is 0.149 e. The van der Waals surface area contributed by atoms with E-state index in [1.54, 1.807) is 0 Å². The van der Waals surface area contributed by atoms with Crippen LogP contribution < -0.4 is 0 Å². The van der Waals surface area contributed by atoms with E-state index < -0.39 is 0 Å². The Hall–Kier alpha value is -0.120. The van der Waals surface area contributed by atoms with Crippen molar-refractivity contribution in [2.24, 2.45) is 0 Å². The first kappa shape index (κ1) is 22.9. The molecule has 3 nitrogen and oxygen atoms in total. The van der Waals surface area contributed by atoms with E-state index in [0.29, 0.717) is 13.6 Å². The molecule has 0 bridgehead atoms. The first-order valence-electron chi connectivity index (χ1n) is 10.1. The van der Waals surface area contributed by atoms with E-state index in [1.165, 1.54) is 77.0 Å². The van der Waals surface area contributed by atoms with Gasteiger partial charge in [0, 0.05) is 13.2 Å². The molecule has 0 atom stereocenters. The third-order valence-corrected chi connectivity index (χ3v) is 4.12. The van der Waals surface area contributed by atoms with Gasteiger partial charge in [-0.3, -0.25) is 0 Å². The van der Waals surface area contributed by atoms with Gasteiger partial charge in [0.05, 0.1) is 0 Å². The van der Waals surface area contributed by atoms with Crippen molar-refractivity contribution >= 4 is 0 Å². The maximum atomic E-state index is 5.44. The van der Waals surface area contributed by atoms with Gasteiger partial charge in [-0.25, -0.2) is 0 Å². The summed E-state index contributed by atoms with van der Waals surface area (Å²) < 4.78 is 16.2. The molecule has 0 aliphatic heterocycles. The summed E-state index contributed by atoms with van der Waals surface area (Å²) in [5.74, 6) is 0. The van der Waals surface area contributed by atoms with Gasteiger partial charge in [0.25, 0.3) is 0 Å². The molecule has 0 fully saturated rings. The first-order chi connectivity index (χ1) is 11.4. The summed E-state index contributed by atoms with van der Waals surface area (Å²) in [5, 5.41) is 0. The molecule has 0 amide bonds. The predicted octanol–water partition coefficient (Wildman–Crippen LogP) is 6.45. The topological polar surface area (TPSA) is 27.7 Å². The zero-order chi connectivity index (χ0) is 16.8. The van der Waals surface area contributed by atoms with Gasteiger partial charge in [0.1, 0.15) is 13.6 Å². The second kappa shape index (κ2) is 21.9. The van der Waals surface area contributed by atoms with Crippen LogP contribution in [0.5, 0.6) is 0 Å². The molecule has 0 radical (unpaired) electrons. The van der Waals surface area contributed by atoms with E-state index in [0.717, 1.165) is 26.1 Å². The lowest BCUT2D eigenvalue weighted by atomic mass is 10.1. The highest BCUT2D eigenvalue weighted by Crippen LogP contribution is 2.07. The summed E-state index contributed by atoms with van der Waals surface area (Å²) in [6.07, 6.45) is 18.4. The highest BCUT2D eigenvalue weighted by atomic mass is 16.7. The van der Waals surface area contributed by atoms with E-state index >= 15 is 0 Å². The zero-order valence-electron chi connectivity index (χ0n) is 16.0. The molecular formula is C20H42O3. The lowest BCUT2D eigenvalue weighted by Gasteiger charge is -2.07. The van der Waals surface area contributed by atoms with Crippen molar-refractivity contribution in [3.05, 3.63) is 0 Å². The third-order valence-electron chi connectivity index (χ3n) is 4.12. The van der Waals surface area contributed by atoms with Gasteiger partial charge in [-0.1, -0.05) is 90.9 Å². The van der Waals surface area contributed by atoms with Gasteiger partial charge < -0.3 is 14.2 Å². The van der Waals surface area contributed by atoms with Crippen molar-refractivity contribution < 1.29 is 14.2 Å². The average Bonchev–Trinajstić information content (AvgIpc) is 2.57. The molecule has 23 heavy (non-hydrogen) atoms. The third kappa shape index (κ3) is 21.9. The SMILES string of the molecule is CCCCCCCCCOCOCOCCCCCCCCC. The Morgan fingerprint density at radius 1 is 0.391 bits per heavy atom. The van der Waals surface area contributed by atoms with Crippen LogP contribution in [0.25, 0.3) is 0 Å². The zero-order valence-corrected chi connectivity index (χ0v) is 16.0. The van der Waals surface area contributed by atoms with Crippen molar-refractivity contribution in [2.45, 2.75) is 104 Å². The standard InChI is InChI=1S/C20H42O3/c1-3-5-7-9-11-13-15-17-21-19-23-20-22-18-16-14-12-10-8-6-4-2/h3-20H2,1-2H3. The molecule has 3 heteroatoms. The highest BCUT2D eigenvalue weighted by molar-refractivity contribution is 4.45. The minimum atomic E-state index is 0.368. The minimum Gasteiger partial charge on any atom is -0.355 e. The van der Waals surface area contributed by atoms with Crippen LogP contribution in [-0.2, 0) is 14.2 Å². The van der Waals surface area contributed by atoms with Crippen LogP contribution in [0.15, 0.2) is 0 Å². The molecule has 0 saturated carbocycles. The van der Waals surface area contributed by atoms with Crippen LogP contribution >= 0.6 is 0 Å². The van der Waals surface area contributed by atoms with E-state index in [9.17, 15) is 0 Å². The molecule has 0 aromatic rings. The largest absolute Gasteiger partial charge is 0.355 e. The molecule has 0 aliphatic carbocycles. The van der Waals surface area contributed by atoms with E-state index in [4.69, 9.17) is 14.2 Å². The summed E-state index contributed by atoms with van der Waals surface area (Å²) in [6, 6.07) is 0. The predicted molar refractivity (Wildman–Crippen MR) is 98.7 cm³/mol. The van der Waals surface area contributed by atoms with Crippen molar-refractivity contribution in [1.82, 2.24) is 0 Å². The van der Waals surface area contributed by atoms with Crippen LogP contribution in [0.3, 0.4) is 0 Å². The Morgan fingerprint density at radius 3 is 1.13 bits per heavy atom. The van der Waals surface area contributed by atoms with Crippen molar-refractivity contribution in [3.8, 4) is 0 Å². The fraction of sp³-hybridized carbons (Fsp3) is 1.00. The molecular weight excluding hydrogens is 288 g/mol. The molecule has 0 rings (SSSR count). The lowest BCUT2D eigenvalue weighted by molar-refractivity contribution is -0.131. The van der Waals surface area contributed by atoms with Gasteiger partial charge in [0.2, 0.25) is 0 Å². The van der Waals surface area contributed by atoms with Crippen LogP contribution in [0.1, 0.15) is 104 Å². The molecule has 0 aliphatic rings. The maximum absolute atomic E-state index is 5.44. The summed E-state index contributed by atoms with van der Waals surface area (Å²) >= 11 is 0. The monoisotopic (exact) mass is 330 g/mol. The second-order valence-corrected chi connectivity index (χ2v) is 6.50. The number of ether oxygens (including phenoxy) is 3. The molecule has 0 aromatic carbocycles. The first-order valence-corrected chi connectivity index (χ1v) is 10.1. The Bertz CT molecular complexity index is 177. The quantitative estimate of drug-likeness (QED) is 0.189. The Labute approximate surface area is 145 Å². The van der Waals surface area contributed by atoms with Crippen LogP contribution in [0.2, 0.25) is 0 Å². The number of unbranched alkanes of at least 4 members (excludes halogenated alkanes) is 12. The second-order valence-electron chi connectivity index (χ2n) is 6.50. The van der Waals surface area contributed by atoms with E-state index in [2.05, 4.69) is 13.8 Å². The van der Waals surface area contributed by atoms with Gasteiger partial charge >= 0.3 is 0 Å². The summed E-state index contributed by atoms with van der Waals surface area (Å²) in [4.78, 5) is 0. The maximum Gasteiger partial charge on any atom is 0.149 e. The molecule has 0 unspecified atom stereocenters. The van der Waals surface area contributed by atoms with Gasteiger partial charge in [0.15, 0.2) is 0 Å². The van der Waals surface area contributed by atoms with E-state index in [1.807, 2.05) is 0 Å². The normalized spacial score (nSPS) is 11.2. The fourth-order valence-electron chi connectivity index (χ4n) is 2.59. The van der Waals surface area contributed by atoms with Crippen molar-refractivity contribution in [3.63, 3.8) is 0 Å². The Morgan fingerprint density at radius 2 is 0.739 bits per heavy atom. The van der Waals surface area contributed by atoms with Crippen LogP contribution in [-0.4, -0.2) is 26.8 Å². The Balaban J connectivity index is 2.92.